The molecular weight excluding hydrogens is 362 g/mol. The van der Waals surface area contributed by atoms with Gasteiger partial charge < -0.3 is 4.74 Å². The molecule has 0 bridgehead atoms. The maximum absolute atomic E-state index is 5.89. The summed E-state index contributed by atoms with van der Waals surface area (Å²) in [4.78, 5) is 6.05. The first-order valence-corrected chi connectivity index (χ1v) is 10.1. The minimum absolute atomic E-state index is 0.828. The monoisotopic (exact) mass is 387 g/mol. The Kier molecular flexibility index (Phi) is 6.72. The lowest BCUT2D eigenvalue weighted by molar-refractivity contribution is 0.478. The predicted molar refractivity (Wildman–Crippen MR) is 121 cm³/mol. The van der Waals surface area contributed by atoms with Crippen molar-refractivity contribution in [2.75, 3.05) is 0 Å². The molecule has 0 aliphatic rings. The molecule has 0 heterocycles. The minimum atomic E-state index is 0.828. The molecule has 3 aromatic rings. The zero-order valence-electron chi connectivity index (χ0n) is 16.8. The van der Waals surface area contributed by atoms with Crippen molar-refractivity contribution < 1.29 is 4.74 Å². The first kappa shape index (κ1) is 20.0. The summed E-state index contributed by atoms with van der Waals surface area (Å²) in [6, 6.07) is 24.7. The summed E-state index contributed by atoms with van der Waals surface area (Å²) in [5.74, 6) is 0.828. The minimum Gasteiger partial charge on any atom is -0.465 e. The summed E-state index contributed by atoms with van der Waals surface area (Å²) in [6.07, 6.45) is 1.78. The number of aliphatic imine (C=N–C) groups is 1. The molecule has 3 aromatic carbocycles. The zero-order chi connectivity index (χ0) is 19.9. The lowest BCUT2D eigenvalue weighted by atomic mass is 10.2. The standard InChI is InChI=1S/C25H25NOS/c1-18-11-13-22(14-12-18)26-25(28-24-10-6-8-20(3)16-24)21(4)17-27-23-9-5-7-19(2)15-23/h5-17H,1-4H3. The molecule has 0 radical (unpaired) electrons. The van der Waals surface area contributed by atoms with Gasteiger partial charge in [0.15, 0.2) is 0 Å². The highest BCUT2D eigenvalue weighted by Gasteiger charge is 2.08. The van der Waals surface area contributed by atoms with Crippen LogP contribution in [-0.4, -0.2) is 5.04 Å². The molecule has 0 saturated carbocycles. The van der Waals surface area contributed by atoms with Gasteiger partial charge in [-0.05, 0) is 69.7 Å². The summed E-state index contributed by atoms with van der Waals surface area (Å²) in [5.41, 5.74) is 5.54. The van der Waals surface area contributed by atoms with Crippen LogP contribution in [0.4, 0.5) is 5.69 Å². The van der Waals surface area contributed by atoms with Gasteiger partial charge >= 0.3 is 0 Å². The van der Waals surface area contributed by atoms with Gasteiger partial charge in [-0.3, -0.25) is 0 Å². The SMILES string of the molecule is CC(=COc1cccc(C)c1)C(=Nc1ccc(C)cc1)Sc1cccc(C)c1. The van der Waals surface area contributed by atoms with Crippen molar-refractivity contribution in [1.82, 2.24) is 0 Å². The molecule has 0 aliphatic heterocycles. The van der Waals surface area contributed by atoms with Crippen LogP contribution in [0.25, 0.3) is 0 Å². The van der Waals surface area contributed by atoms with E-state index in [1.54, 1.807) is 18.0 Å². The van der Waals surface area contributed by atoms with E-state index in [2.05, 4.69) is 63.2 Å². The predicted octanol–water partition coefficient (Wildman–Crippen LogP) is 7.42. The van der Waals surface area contributed by atoms with E-state index in [9.17, 15) is 0 Å². The zero-order valence-corrected chi connectivity index (χ0v) is 17.6. The number of hydrogen-bond donors (Lipinski definition) is 0. The number of ether oxygens (including phenoxy) is 1. The Hall–Kier alpha value is -2.78. The van der Waals surface area contributed by atoms with Gasteiger partial charge in [-0.25, -0.2) is 4.99 Å². The highest BCUT2D eigenvalue weighted by Crippen LogP contribution is 2.27. The van der Waals surface area contributed by atoms with E-state index in [1.165, 1.54) is 16.7 Å². The maximum Gasteiger partial charge on any atom is 0.126 e. The third kappa shape index (κ3) is 5.86. The Bertz CT molecular complexity index is 1000. The van der Waals surface area contributed by atoms with E-state index in [1.807, 2.05) is 37.3 Å². The van der Waals surface area contributed by atoms with Crippen LogP contribution in [0.15, 0.2) is 94.5 Å². The van der Waals surface area contributed by atoms with E-state index < -0.39 is 0 Å². The molecule has 142 valence electrons. The summed E-state index contributed by atoms with van der Waals surface area (Å²) in [7, 11) is 0. The molecule has 28 heavy (non-hydrogen) atoms. The van der Waals surface area contributed by atoms with Crippen LogP contribution in [-0.2, 0) is 0 Å². The lowest BCUT2D eigenvalue weighted by Crippen LogP contribution is -1.97. The van der Waals surface area contributed by atoms with Crippen LogP contribution < -0.4 is 4.74 Å². The topological polar surface area (TPSA) is 21.6 Å². The Morgan fingerprint density at radius 3 is 2.18 bits per heavy atom. The molecule has 0 aliphatic carbocycles. The molecule has 0 saturated heterocycles. The van der Waals surface area contributed by atoms with E-state index in [0.717, 1.165) is 26.9 Å². The molecule has 0 spiro atoms. The lowest BCUT2D eigenvalue weighted by Gasteiger charge is -2.09. The van der Waals surface area contributed by atoms with E-state index in [4.69, 9.17) is 9.73 Å². The quantitative estimate of drug-likeness (QED) is 0.197. The van der Waals surface area contributed by atoms with Gasteiger partial charge in [0.1, 0.15) is 10.8 Å². The van der Waals surface area contributed by atoms with Crippen molar-refractivity contribution in [3.8, 4) is 5.75 Å². The van der Waals surface area contributed by atoms with Gasteiger partial charge in [0.05, 0.1) is 11.9 Å². The van der Waals surface area contributed by atoms with Crippen molar-refractivity contribution in [2.45, 2.75) is 32.6 Å². The molecule has 0 aromatic heterocycles. The summed E-state index contributed by atoms with van der Waals surface area (Å²) in [5, 5.41) is 0.919. The van der Waals surface area contributed by atoms with Crippen molar-refractivity contribution >= 4 is 22.5 Å². The largest absolute Gasteiger partial charge is 0.465 e. The smallest absolute Gasteiger partial charge is 0.126 e. The number of thioether (sulfide) groups is 1. The van der Waals surface area contributed by atoms with E-state index in [0.29, 0.717) is 0 Å². The summed E-state index contributed by atoms with van der Waals surface area (Å²) < 4.78 is 5.89. The second kappa shape index (κ2) is 9.43. The molecule has 0 unspecified atom stereocenters. The first-order chi connectivity index (χ1) is 13.5. The highest BCUT2D eigenvalue weighted by molar-refractivity contribution is 8.14. The molecule has 0 N–H and O–H groups in total. The van der Waals surface area contributed by atoms with E-state index >= 15 is 0 Å². The van der Waals surface area contributed by atoms with Gasteiger partial charge in [-0.1, -0.05) is 59.3 Å². The van der Waals surface area contributed by atoms with Crippen molar-refractivity contribution in [1.29, 1.82) is 0 Å². The highest BCUT2D eigenvalue weighted by atomic mass is 32.2. The third-order valence-electron chi connectivity index (χ3n) is 4.17. The number of hydrogen-bond acceptors (Lipinski definition) is 3. The number of aryl methyl sites for hydroxylation is 3. The van der Waals surface area contributed by atoms with Gasteiger partial charge in [-0.2, -0.15) is 0 Å². The van der Waals surface area contributed by atoms with Crippen LogP contribution >= 0.6 is 11.8 Å². The Balaban J connectivity index is 1.89. The van der Waals surface area contributed by atoms with Gasteiger partial charge in [-0.15, -0.1) is 0 Å². The Morgan fingerprint density at radius 2 is 1.50 bits per heavy atom. The van der Waals surface area contributed by atoms with Crippen LogP contribution in [0.2, 0.25) is 0 Å². The molecule has 2 nitrogen and oxygen atoms in total. The molecule has 3 rings (SSSR count). The van der Waals surface area contributed by atoms with Crippen LogP contribution in [0.3, 0.4) is 0 Å². The molecule has 0 amide bonds. The van der Waals surface area contributed by atoms with Crippen molar-refractivity contribution in [3.63, 3.8) is 0 Å². The average Bonchev–Trinajstić information content (AvgIpc) is 2.67. The number of nitrogens with zero attached hydrogens (tertiary/aromatic N) is 1. The molecular formula is C25H25NOS. The van der Waals surface area contributed by atoms with Gasteiger partial charge in [0, 0.05) is 10.5 Å². The van der Waals surface area contributed by atoms with Crippen molar-refractivity contribution in [3.05, 3.63) is 101 Å². The van der Waals surface area contributed by atoms with Crippen LogP contribution in [0.1, 0.15) is 23.6 Å². The second-order valence-corrected chi connectivity index (χ2v) is 7.97. The van der Waals surface area contributed by atoms with Crippen LogP contribution in [0.5, 0.6) is 5.75 Å². The average molecular weight is 388 g/mol. The Morgan fingerprint density at radius 1 is 0.821 bits per heavy atom. The molecule has 3 heteroatoms. The number of benzene rings is 3. The van der Waals surface area contributed by atoms with Gasteiger partial charge in [0.25, 0.3) is 0 Å². The maximum atomic E-state index is 5.89. The fraction of sp³-hybridized carbons (Fsp3) is 0.160. The fourth-order valence-electron chi connectivity index (χ4n) is 2.61. The summed E-state index contributed by atoms with van der Waals surface area (Å²) >= 11 is 1.65. The normalized spacial score (nSPS) is 12.1. The second-order valence-electron chi connectivity index (χ2n) is 6.91. The molecule has 0 fully saturated rings. The first-order valence-electron chi connectivity index (χ1n) is 9.30. The Labute approximate surface area is 172 Å². The van der Waals surface area contributed by atoms with E-state index in [-0.39, 0.29) is 0 Å². The van der Waals surface area contributed by atoms with Gasteiger partial charge in [0.2, 0.25) is 0 Å². The molecule has 0 atom stereocenters. The van der Waals surface area contributed by atoms with Crippen LogP contribution in [0, 0.1) is 20.8 Å². The van der Waals surface area contributed by atoms with Crippen molar-refractivity contribution in [2.24, 2.45) is 4.99 Å². The third-order valence-corrected chi connectivity index (χ3v) is 5.26. The fourth-order valence-corrected chi connectivity index (χ4v) is 3.59. The number of rotatable bonds is 5. The summed E-state index contributed by atoms with van der Waals surface area (Å²) in [6.45, 7) is 8.27.